The molecule has 3 amide bonds. The summed E-state index contributed by atoms with van der Waals surface area (Å²) in [5, 5.41) is 5.16. The number of nitrogens with one attached hydrogen (secondary N) is 2. The molecule has 0 bridgehead atoms. The number of anilines is 1. The Kier molecular flexibility index (Phi) is 6.33. The third kappa shape index (κ3) is 5.01. The van der Waals surface area contributed by atoms with E-state index in [0.29, 0.717) is 5.69 Å². The highest BCUT2D eigenvalue weighted by molar-refractivity contribution is 6.34. The van der Waals surface area contributed by atoms with E-state index in [0.717, 1.165) is 0 Å². The molecule has 0 aliphatic rings. The van der Waals surface area contributed by atoms with E-state index in [9.17, 15) is 14.4 Å². The molecule has 0 radical (unpaired) electrons. The lowest BCUT2D eigenvalue weighted by atomic mass is 10.1. The van der Waals surface area contributed by atoms with E-state index in [1.807, 2.05) is 13.8 Å². The van der Waals surface area contributed by atoms with Crippen LogP contribution < -0.4 is 22.1 Å². The van der Waals surface area contributed by atoms with Gasteiger partial charge in [-0.05, 0) is 24.1 Å². The molecule has 120 valence electrons. The van der Waals surface area contributed by atoms with E-state index in [1.165, 1.54) is 18.2 Å². The Balaban J connectivity index is 2.61. The molecule has 1 aromatic carbocycles. The van der Waals surface area contributed by atoms with Gasteiger partial charge in [-0.1, -0.05) is 25.4 Å². The smallest absolute Gasteiger partial charge is 0.250 e. The maximum atomic E-state index is 11.8. The van der Waals surface area contributed by atoms with Crippen molar-refractivity contribution >= 4 is 35.0 Å². The van der Waals surface area contributed by atoms with E-state index in [1.54, 1.807) is 0 Å². The average Bonchev–Trinajstić information content (AvgIpc) is 2.45. The second-order valence-electron chi connectivity index (χ2n) is 5.09. The van der Waals surface area contributed by atoms with Gasteiger partial charge in [0.1, 0.15) is 0 Å². The molecule has 1 aromatic rings. The highest BCUT2D eigenvalue weighted by Gasteiger charge is 2.17. The zero-order valence-electron chi connectivity index (χ0n) is 12.4. The second kappa shape index (κ2) is 7.77. The summed E-state index contributed by atoms with van der Waals surface area (Å²) in [7, 11) is 0. The SMILES string of the molecule is CC(C)[C@H](N)C(=O)NCC(=O)Nc1ccc(Cl)c(C(N)=O)c1. The number of amides is 3. The van der Waals surface area contributed by atoms with Crippen molar-refractivity contribution in [2.45, 2.75) is 19.9 Å². The number of carbonyl (C=O) groups excluding carboxylic acids is 3. The predicted molar refractivity (Wildman–Crippen MR) is 84.4 cm³/mol. The number of halogens is 1. The van der Waals surface area contributed by atoms with Gasteiger partial charge in [0.15, 0.2) is 0 Å². The molecule has 0 spiro atoms. The maximum Gasteiger partial charge on any atom is 0.250 e. The van der Waals surface area contributed by atoms with Gasteiger partial charge in [0.2, 0.25) is 17.7 Å². The fourth-order valence-corrected chi connectivity index (χ4v) is 1.80. The second-order valence-corrected chi connectivity index (χ2v) is 5.50. The van der Waals surface area contributed by atoms with Crippen LogP contribution in [0.4, 0.5) is 5.69 Å². The van der Waals surface area contributed by atoms with Gasteiger partial charge in [0, 0.05) is 5.69 Å². The van der Waals surface area contributed by atoms with Gasteiger partial charge in [-0.15, -0.1) is 0 Å². The molecule has 0 fully saturated rings. The first-order valence-electron chi connectivity index (χ1n) is 6.65. The van der Waals surface area contributed by atoms with Crippen molar-refractivity contribution in [3.63, 3.8) is 0 Å². The minimum absolute atomic E-state index is 0.0301. The maximum absolute atomic E-state index is 11.8. The number of benzene rings is 1. The molecule has 0 saturated heterocycles. The quantitative estimate of drug-likeness (QED) is 0.606. The van der Waals surface area contributed by atoms with Gasteiger partial charge in [-0.25, -0.2) is 0 Å². The van der Waals surface area contributed by atoms with Crippen LogP contribution in [-0.2, 0) is 9.59 Å². The molecule has 1 rings (SSSR count). The Morgan fingerprint density at radius 1 is 1.27 bits per heavy atom. The average molecular weight is 327 g/mol. The summed E-state index contributed by atoms with van der Waals surface area (Å²) in [5.74, 6) is -1.59. The van der Waals surface area contributed by atoms with E-state index in [4.69, 9.17) is 23.1 Å². The van der Waals surface area contributed by atoms with Crippen LogP contribution in [0.5, 0.6) is 0 Å². The molecule has 6 N–H and O–H groups in total. The first-order chi connectivity index (χ1) is 10.2. The molecule has 7 nitrogen and oxygen atoms in total. The molecule has 0 unspecified atom stereocenters. The van der Waals surface area contributed by atoms with Gasteiger partial charge in [-0.3, -0.25) is 14.4 Å². The molecular formula is C14H19ClN4O3. The molecule has 0 heterocycles. The first kappa shape index (κ1) is 17.9. The van der Waals surface area contributed by atoms with Gasteiger partial charge in [0.05, 0.1) is 23.2 Å². The highest BCUT2D eigenvalue weighted by Crippen LogP contribution is 2.19. The zero-order valence-corrected chi connectivity index (χ0v) is 13.1. The minimum atomic E-state index is -0.697. The number of hydrogen-bond donors (Lipinski definition) is 4. The summed E-state index contributed by atoms with van der Waals surface area (Å²) in [6, 6.07) is 3.66. The third-order valence-corrected chi connectivity index (χ3v) is 3.29. The topological polar surface area (TPSA) is 127 Å². The van der Waals surface area contributed by atoms with Gasteiger partial charge in [-0.2, -0.15) is 0 Å². The Bertz CT molecular complexity index is 589. The number of hydrogen-bond acceptors (Lipinski definition) is 4. The number of carbonyl (C=O) groups is 3. The fourth-order valence-electron chi connectivity index (χ4n) is 1.59. The number of rotatable bonds is 6. The highest BCUT2D eigenvalue weighted by atomic mass is 35.5. The van der Waals surface area contributed by atoms with Gasteiger partial charge in [0.25, 0.3) is 0 Å². The van der Waals surface area contributed by atoms with Crippen LogP contribution in [-0.4, -0.2) is 30.3 Å². The summed E-state index contributed by atoms with van der Waals surface area (Å²) < 4.78 is 0. The summed E-state index contributed by atoms with van der Waals surface area (Å²) in [6.07, 6.45) is 0. The Hall–Kier alpha value is -2.12. The number of nitrogens with two attached hydrogens (primary N) is 2. The van der Waals surface area contributed by atoms with Crippen LogP contribution in [0.1, 0.15) is 24.2 Å². The lowest BCUT2D eigenvalue weighted by Crippen LogP contribution is -2.46. The van der Waals surface area contributed by atoms with Crippen LogP contribution >= 0.6 is 11.6 Å². The van der Waals surface area contributed by atoms with Crippen LogP contribution in [0.2, 0.25) is 5.02 Å². The first-order valence-corrected chi connectivity index (χ1v) is 7.02. The zero-order chi connectivity index (χ0) is 16.9. The Morgan fingerprint density at radius 2 is 1.91 bits per heavy atom. The molecule has 0 aliphatic heterocycles. The van der Waals surface area contributed by atoms with Crippen molar-refractivity contribution in [1.29, 1.82) is 0 Å². The lowest BCUT2D eigenvalue weighted by molar-refractivity contribution is -0.125. The van der Waals surface area contributed by atoms with Crippen molar-refractivity contribution in [3.05, 3.63) is 28.8 Å². The van der Waals surface area contributed by atoms with E-state index < -0.39 is 23.8 Å². The monoisotopic (exact) mass is 326 g/mol. The van der Waals surface area contributed by atoms with Crippen LogP contribution in [0.15, 0.2) is 18.2 Å². The van der Waals surface area contributed by atoms with E-state index >= 15 is 0 Å². The van der Waals surface area contributed by atoms with Crippen molar-refractivity contribution in [2.24, 2.45) is 17.4 Å². The molecule has 0 aliphatic carbocycles. The minimum Gasteiger partial charge on any atom is -0.366 e. The van der Waals surface area contributed by atoms with Crippen molar-refractivity contribution < 1.29 is 14.4 Å². The van der Waals surface area contributed by atoms with Crippen LogP contribution in [0, 0.1) is 5.92 Å². The third-order valence-electron chi connectivity index (χ3n) is 2.96. The fraction of sp³-hybridized carbons (Fsp3) is 0.357. The standard InChI is InChI=1S/C14H19ClN4O3/c1-7(2)12(16)14(22)18-6-11(20)19-8-3-4-10(15)9(5-8)13(17)21/h3-5,7,12H,6,16H2,1-2H3,(H2,17,21)(H,18,22)(H,19,20)/t12-/m0/s1. The van der Waals surface area contributed by atoms with Crippen LogP contribution in [0.25, 0.3) is 0 Å². The largest absolute Gasteiger partial charge is 0.366 e. The molecule has 1 atom stereocenters. The lowest BCUT2D eigenvalue weighted by Gasteiger charge is -2.15. The van der Waals surface area contributed by atoms with Crippen molar-refractivity contribution in [3.8, 4) is 0 Å². The Morgan fingerprint density at radius 3 is 2.45 bits per heavy atom. The summed E-state index contributed by atoms with van der Waals surface area (Å²) in [4.78, 5) is 34.6. The Labute approximate surface area is 133 Å². The molecule has 8 heteroatoms. The normalized spacial score (nSPS) is 11.9. The van der Waals surface area contributed by atoms with Crippen molar-refractivity contribution in [2.75, 3.05) is 11.9 Å². The molecule has 0 aromatic heterocycles. The summed E-state index contributed by atoms with van der Waals surface area (Å²) >= 11 is 5.81. The molecule has 0 saturated carbocycles. The van der Waals surface area contributed by atoms with E-state index in [-0.39, 0.29) is 23.0 Å². The summed E-state index contributed by atoms with van der Waals surface area (Å²) in [5.41, 5.74) is 11.3. The summed E-state index contributed by atoms with van der Waals surface area (Å²) in [6.45, 7) is 3.39. The van der Waals surface area contributed by atoms with Crippen LogP contribution in [0.3, 0.4) is 0 Å². The van der Waals surface area contributed by atoms with Crippen molar-refractivity contribution in [1.82, 2.24) is 5.32 Å². The molecule has 22 heavy (non-hydrogen) atoms. The predicted octanol–water partition coefficient (Wildman–Crippen LogP) is 0.477. The van der Waals surface area contributed by atoms with E-state index in [2.05, 4.69) is 10.6 Å². The van der Waals surface area contributed by atoms with Gasteiger partial charge < -0.3 is 22.1 Å². The van der Waals surface area contributed by atoms with Gasteiger partial charge >= 0.3 is 0 Å². The number of primary amides is 1. The molecular weight excluding hydrogens is 308 g/mol.